The van der Waals surface area contributed by atoms with E-state index < -0.39 is 0 Å². The molecule has 0 spiro atoms. The van der Waals surface area contributed by atoms with E-state index in [0.717, 1.165) is 17.1 Å². The fraction of sp³-hybridized carbons (Fsp3) is 0.294. The van der Waals surface area contributed by atoms with Crippen molar-refractivity contribution in [2.45, 2.75) is 6.92 Å². The molecule has 0 bridgehead atoms. The van der Waals surface area contributed by atoms with Crippen LogP contribution >= 0.6 is 11.6 Å². The third-order valence-electron chi connectivity index (χ3n) is 2.81. The van der Waals surface area contributed by atoms with Crippen LogP contribution in [0.15, 0.2) is 36.4 Å². The van der Waals surface area contributed by atoms with Gasteiger partial charge < -0.3 is 18.9 Å². The molecular weight excluding hydrogens is 304 g/mol. The van der Waals surface area contributed by atoms with Gasteiger partial charge in [0.1, 0.15) is 23.0 Å². The molecule has 0 atom stereocenters. The van der Waals surface area contributed by atoms with E-state index in [1.54, 1.807) is 46.6 Å². The highest BCUT2D eigenvalue weighted by Crippen LogP contribution is 2.25. The summed E-state index contributed by atoms with van der Waals surface area (Å²) in [6, 6.07) is 11.0. The van der Waals surface area contributed by atoms with E-state index in [0.29, 0.717) is 16.5 Å². The molecule has 0 amide bonds. The summed E-state index contributed by atoms with van der Waals surface area (Å²) in [6.45, 7) is 2.00. The number of ether oxygens (including phenoxy) is 4. The smallest absolute Gasteiger partial charge is 0.124 e. The Morgan fingerprint density at radius 1 is 0.591 bits per heavy atom. The van der Waals surface area contributed by atoms with Crippen LogP contribution in [0, 0.1) is 6.92 Å². The zero-order chi connectivity index (χ0) is 16.5. The monoisotopic (exact) mass is 324 g/mol. The van der Waals surface area contributed by atoms with Crippen LogP contribution in [0.25, 0.3) is 0 Å². The Bertz CT molecular complexity index is 501. The Labute approximate surface area is 136 Å². The van der Waals surface area contributed by atoms with Gasteiger partial charge in [0.2, 0.25) is 0 Å². The Balaban J connectivity index is 0.000000220. The second-order valence-corrected chi connectivity index (χ2v) is 4.86. The van der Waals surface area contributed by atoms with Crippen LogP contribution in [0.2, 0.25) is 5.02 Å². The van der Waals surface area contributed by atoms with Crippen molar-refractivity contribution in [2.24, 2.45) is 0 Å². The number of rotatable bonds is 4. The quantitative estimate of drug-likeness (QED) is 0.837. The maximum absolute atomic E-state index is 5.75. The zero-order valence-corrected chi connectivity index (χ0v) is 14.2. The molecule has 0 aliphatic heterocycles. The molecule has 0 N–H and O–H groups in total. The molecule has 0 saturated carbocycles. The van der Waals surface area contributed by atoms with Gasteiger partial charge in [-0.05, 0) is 36.8 Å². The van der Waals surface area contributed by atoms with Gasteiger partial charge in [0, 0.05) is 17.2 Å². The molecule has 0 aliphatic carbocycles. The number of methoxy groups -OCH3 is 4. The minimum atomic E-state index is 0.612. The maximum Gasteiger partial charge on any atom is 0.124 e. The van der Waals surface area contributed by atoms with Crippen LogP contribution < -0.4 is 18.9 Å². The van der Waals surface area contributed by atoms with Crippen LogP contribution in [0.1, 0.15) is 5.56 Å². The molecule has 2 rings (SSSR count). The molecule has 2 aromatic carbocycles. The van der Waals surface area contributed by atoms with Gasteiger partial charge in [-0.15, -0.1) is 0 Å². The van der Waals surface area contributed by atoms with Gasteiger partial charge >= 0.3 is 0 Å². The van der Waals surface area contributed by atoms with Crippen molar-refractivity contribution >= 4 is 11.6 Å². The summed E-state index contributed by atoms with van der Waals surface area (Å²) in [4.78, 5) is 0. The summed E-state index contributed by atoms with van der Waals surface area (Å²) < 4.78 is 20.1. The van der Waals surface area contributed by atoms with Crippen molar-refractivity contribution in [1.82, 2.24) is 0 Å². The average molecular weight is 325 g/mol. The minimum Gasteiger partial charge on any atom is -0.497 e. The Morgan fingerprint density at radius 3 is 1.23 bits per heavy atom. The number of aryl methyl sites for hydroxylation is 1. The van der Waals surface area contributed by atoms with Crippen LogP contribution in [0.5, 0.6) is 23.0 Å². The minimum absolute atomic E-state index is 0.612. The summed E-state index contributed by atoms with van der Waals surface area (Å²) >= 11 is 5.75. The lowest BCUT2D eigenvalue weighted by atomic mass is 10.2. The largest absolute Gasteiger partial charge is 0.497 e. The number of benzene rings is 2. The summed E-state index contributed by atoms with van der Waals surface area (Å²) in [6.07, 6.45) is 0. The summed E-state index contributed by atoms with van der Waals surface area (Å²) in [5.41, 5.74) is 1.14. The second kappa shape index (κ2) is 9.05. The van der Waals surface area contributed by atoms with Crippen LogP contribution in [-0.2, 0) is 0 Å². The molecule has 2 aromatic rings. The van der Waals surface area contributed by atoms with Gasteiger partial charge in [0.05, 0.1) is 28.4 Å². The molecule has 0 fully saturated rings. The lowest BCUT2D eigenvalue weighted by Gasteiger charge is -2.04. The lowest BCUT2D eigenvalue weighted by molar-refractivity contribution is 0.393. The van der Waals surface area contributed by atoms with E-state index in [2.05, 4.69) is 0 Å². The first-order valence-electron chi connectivity index (χ1n) is 6.60. The van der Waals surface area contributed by atoms with Gasteiger partial charge in [-0.25, -0.2) is 0 Å². The predicted octanol–water partition coefficient (Wildman–Crippen LogP) is 4.37. The highest BCUT2D eigenvalue weighted by atomic mass is 35.5. The first kappa shape index (κ1) is 18.0. The molecule has 0 saturated heterocycles. The third-order valence-corrected chi connectivity index (χ3v) is 3.03. The molecule has 22 heavy (non-hydrogen) atoms. The first-order chi connectivity index (χ1) is 10.5. The highest BCUT2D eigenvalue weighted by Gasteiger charge is 1.98. The molecular formula is C17H21ClO4. The normalized spacial score (nSPS) is 9.36. The fourth-order valence-corrected chi connectivity index (χ4v) is 1.94. The van der Waals surface area contributed by atoms with Gasteiger partial charge in [0.25, 0.3) is 0 Å². The lowest BCUT2D eigenvalue weighted by Crippen LogP contribution is -1.87. The molecule has 0 heterocycles. The average Bonchev–Trinajstić information content (AvgIpc) is 2.53. The van der Waals surface area contributed by atoms with Gasteiger partial charge in [-0.2, -0.15) is 0 Å². The summed E-state index contributed by atoms with van der Waals surface area (Å²) in [7, 11) is 6.47. The van der Waals surface area contributed by atoms with Gasteiger partial charge in [0.15, 0.2) is 0 Å². The van der Waals surface area contributed by atoms with Gasteiger partial charge in [-0.1, -0.05) is 11.6 Å². The standard InChI is InChI=1S/C9H12O2.C8H9ClO2/c1-7-4-8(10-2)6-9(5-7)11-3;1-10-7-3-6(9)4-8(5-7)11-2/h4-6H,1-3H3;3-5H,1-2H3. The summed E-state index contributed by atoms with van der Waals surface area (Å²) in [5.74, 6) is 3.08. The molecule has 0 radical (unpaired) electrons. The van der Waals surface area contributed by atoms with Crippen molar-refractivity contribution in [3.63, 3.8) is 0 Å². The number of halogens is 1. The van der Waals surface area contributed by atoms with Crippen molar-refractivity contribution in [3.8, 4) is 23.0 Å². The van der Waals surface area contributed by atoms with Crippen LogP contribution in [0.3, 0.4) is 0 Å². The zero-order valence-electron chi connectivity index (χ0n) is 13.5. The number of hydrogen-bond acceptors (Lipinski definition) is 4. The van der Waals surface area contributed by atoms with Gasteiger partial charge in [-0.3, -0.25) is 0 Å². The molecule has 4 nitrogen and oxygen atoms in total. The first-order valence-corrected chi connectivity index (χ1v) is 6.98. The fourth-order valence-electron chi connectivity index (χ4n) is 1.72. The topological polar surface area (TPSA) is 36.9 Å². The Morgan fingerprint density at radius 2 is 0.909 bits per heavy atom. The second-order valence-electron chi connectivity index (χ2n) is 4.42. The van der Waals surface area contributed by atoms with Crippen molar-refractivity contribution < 1.29 is 18.9 Å². The molecule has 5 heteroatoms. The highest BCUT2D eigenvalue weighted by molar-refractivity contribution is 6.30. The van der Waals surface area contributed by atoms with E-state index in [-0.39, 0.29) is 0 Å². The van der Waals surface area contributed by atoms with E-state index >= 15 is 0 Å². The third kappa shape index (κ3) is 5.74. The molecule has 0 aliphatic rings. The molecule has 0 unspecified atom stereocenters. The SMILES string of the molecule is COc1cc(C)cc(OC)c1.COc1cc(Cl)cc(OC)c1. The molecule has 120 valence electrons. The van der Waals surface area contributed by atoms with E-state index in [9.17, 15) is 0 Å². The summed E-state index contributed by atoms with van der Waals surface area (Å²) in [5, 5.41) is 0.612. The van der Waals surface area contributed by atoms with Crippen LogP contribution in [-0.4, -0.2) is 28.4 Å². The van der Waals surface area contributed by atoms with E-state index in [1.165, 1.54) is 0 Å². The Kier molecular flexibility index (Phi) is 7.40. The number of hydrogen-bond donors (Lipinski definition) is 0. The molecule has 0 aromatic heterocycles. The maximum atomic E-state index is 5.75. The van der Waals surface area contributed by atoms with Crippen LogP contribution in [0.4, 0.5) is 0 Å². The van der Waals surface area contributed by atoms with Crippen molar-refractivity contribution in [1.29, 1.82) is 0 Å². The van der Waals surface area contributed by atoms with E-state index in [1.807, 2.05) is 25.1 Å². The van der Waals surface area contributed by atoms with Crippen molar-refractivity contribution in [3.05, 3.63) is 47.0 Å². The Hall–Kier alpha value is -2.07. The van der Waals surface area contributed by atoms with E-state index in [4.69, 9.17) is 30.5 Å². The van der Waals surface area contributed by atoms with Crippen molar-refractivity contribution in [2.75, 3.05) is 28.4 Å². The predicted molar refractivity (Wildman–Crippen MR) is 88.8 cm³/mol.